The summed E-state index contributed by atoms with van der Waals surface area (Å²) >= 11 is 1.38. The van der Waals surface area contributed by atoms with Gasteiger partial charge in [-0.05, 0) is 55.3 Å². The van der Waals surface area contributed by atoms with Gasteiger partial charge in [0.25, 0.3) is 0 Å². The number of hydrogen-bond acceptors (Lipinski definition) is 5. The Morgan fingerprint density at radius 3 is 2.43 bits per heavy atom. The number of carbonyl (C=O) groups is 1. The minimum atomic E-state index is -0.0723. The number of rotatable bonds is 5. The lowest BCUT2D eigenvalue weighted by molar-refractivity contribution is -0.110. The number of ether oxygens (including phenoxy) is 1. The summed E-state index contributed by atoms with van der Waals surface area (Å²) in [6.45, 7) is 5.58. The smallest absolute Gasteiger partial charge is 0.186 e. The molecular formula is C18H20N2O2S. The summed E-state index contributed by atoms with van der Waals surface area (Å²) in [7, 11) is 1.62. The monoisotopic (exact) mass is 328 g/mol. The number of methoxy groups -OCH3 is 1. The van der Waals surface area contributed by atoms with Crippen LogP contribution in [0, 0.1) is 13.8 Å². The number of nitrogens with one attached hydrogen (secondary N) is 1. The molecule has 23 heavy (non-hydrogen) atoms. The molecule has 0 fully saturated rings. The molecule has 0 amide bonds. The van der Waals surface area contributed by atoms with Crippen LogP contribution in [-0.4, -0.2) is 17.9 Å². The van der Waals surface area contributed by atoms with Crippen molar-refractivity contribution >= 4 is 28.3 Å². The van der Waals surface area contributed by atoms with Crippen molar-refractivity contribution in [2.24, 2.45) is 5.10 Å². The number of benzene rings is 2. The molecule has 120 valence electrons. The molecule has 4 nitrogen and oxygen atoms in total. The van der Waals surface area contributed by atoms with Crippen LogP contribution in [0.3, 0.4) is 0 Å². The second-order valence-corrected chi connectivity index (χ2v) is 6.22. The van der Waals surface area contributed by atoms with Crippen LogP contribution >= 0.6 is 11.8 Å². The van der Waals surface area contributed by atoms with E-state index in [1.807, 2.05) is 44.2 Å². The van der Waals surface area contributed by atoms with Crippen molar-refractivity contribution in [3.63, 3.8) is 0 Å². The van der Waals surface area contributed by atoms with Gasteiger partial charge in [0.2, 0.25) is 0 Å². The fourth-order valence-electron chi connectivity index (χ4n) is 1.88. The van der Waals surface area contributed by atoms with Crippen molar-refractivity contribution < 1.29 is 9.53 Å². The molecule has 2 aromatic rings. The number of aryl methyl sites for hydroxylation is 2. The van der Waals surface area contributed by atoms with E-state index < -0.39 is 0 Å². The molecule has 0 aromatic heterocycles. The summed E-state index contributed by atoms with van der Waals surface area (Å²) in [4.78, 5) is 12.9. The molecule has 0 atom stereocenters. The molecule has 1 N–H and O–H groups in total. The van der Waals surface area contributed by atoms with Crippen LogP contribution in [-0.2, 0) is 4.79 Å². The van der Waals surface area contributed by atoms with Crippen molar-refractivity contribution in [2.45, 2.75) is 25.7 Å². The summed E-state index contributed by atoms with van der Waals surface area (Å²) in [5, 5.41) is 4.68. The summed E-state index contributed by atoms with van der Waals surface area (Å²) in [6.07, 6.45) is 0. The Labute approximate surface area is 140 Å². The summed E-state index contributed by atoms with van der Waals surface area (Å²) in [6, 6.07) is 13.5. The maximum absolute atomic E-state index is 11.9. The zero-order chi connectivity index (χ0) is 16.8. The highest BCUT2D eigenvalue weighted by Crippen LogP contribution is 2.25. The Hall–Kier alpha value is -2.27. The number of hydrazone groups is 1. The number of thioether (sulfide) groups is 1. The lowest BCUT2D eigenvalue weighted by Gasteiger charge is -2.08. The average molecular weight is 328 g/mol. The maximum atomic E-state index is 11.9. The van der Waals surface area contributed by atoms with Crippen LogP contribution in [0.1, 0.15) is 18.1 Å². The van der Waals surface area contributed by atoms with Gasteiger partial charge in [0.05, 0.1) is 12.8 Å². The normalized spacial score (nSPS) is 11.2. The van der Waals surface area contributed by atoms with E-state index in [1.54, 1.807) is 7.11 Å². The fourth-order valence-corrected chi connectivity index (χ4v) is 2.79. The van der Waals surface area contributed by atoms with Gasteiger partial charge in [-0.15, -0.1) is 0 Å². The molecule has 0 spiro atoms. The topological polar surface area (TPSA) is 50.7 Å². The molecule has 0 heterocycles. The molecule has 0 unspecified atom stereocenters. The summed E-state index contributed by atoms with van der Waals surface area (Å²) in [5.41, 5.74) is 6.00. The van der Waals surface area contributed by atoms with Crippen LogP contribution in [0.25, 0.3) is 0 Å². The highest BCUT2D eigenvalue weighted by Gasteiger charge is 2.11. The standard InChI is InChI=1S/C18H20N2O2S/c1-12-5-6-13(2)17(11-12)23-18(14(3)21)20-19-15-7-9-16(22-4)10-8-15/h5-11,19H,1-4H3. The lowest BCUT2D eigenvalue weighted by atomic mass is 10.2. The Balaban J connectivity index is 2.16. The van der Waals surface area contributed by atoms with Gasteiger partial charge < -0.3 is 4.74 Å². The molecule has 0 radical (unpaired) electrons. The second-order valence-electron chi connectivity index (χ2n) is 5.18. The van der Waals surface area contributed by atoms with Gasteiger partial charge in [-0.3, -0.25) is 10.2 Å². The summed E-state index contributed by atoms with van der Waals surface area (Å²) in [5.74, 6) is 0.702. The zero-order valence-electron chi connectivity index (χ0n) is 13.7. The Morgan fingerprint density at radius 1 is 1.13 bits per heavy atom. The third kappa shape index (κ3) is 4.86. The molecule has 2 aromatic carbocycles. The predicted molar refractivity (Wildman–Crippen MR) is 96.5 cm³/mol. The molecule has 0 saturated heterocycles. The number of carbonyl (C=O) groups excluding carboxylic acids is 1. The molecule has 2 rings (SSSR count). The molecule has 5 heteroatoms. The van der Waals surface area contributed by atoms with Gasteiger partial charge in [0, 0.05) is 11.8 Å². The van der Waals surface area contributed by atoms with Crippen molar-refractivity contribution in [3.05, 3.63) is 53.6 Å². The lowest BCUT2D eigenvalue weighted by Crippen LogP contribution is -2.08. The highest BCUT2D eigenvalue weighted by atomic mass is 32.2. The zero-order valence-corrected chi connectivity index (χ0v) is 14.5. The first-order valence-corrected chi connectivity index (χ1v) is 8.05. The molecule has 0 saturated carbocycles. The molecular weight excluding hydrogens is 308 g/mol. The number of Topliss-reactive ketones (excluding diaryl/α,β-unsaturated/α-hetero) is 1. The SMILES string of the molecule is COc1ccc(NN=C(Sc2cc(C)ccc2C)C(C)=O)cc1. The van der Waals surface area contributed by atoms with Gasteiger partial charge in [-0.25, -0.2) is 0 Å². The first kappa shape index (κ1) is 17.1. The first-order chi connectivity index (χ1) is 11.0. The predicted octanol–water partition coefficient (Wildman–Crippen LogP) is 4.42. The Bertz CT molecular complexity index is 724. The third-order valence-corrected chi connectivity index (χ3v) is 4.46. The number of anilines is 1. The van der Waals surface area contributed by atoms with Crippen molar-refractivity contribution in [2.75, 3.05) is 12.5 Å². The average Bonchev–Trinajstić information content (AvgIpc) is 2.54. The van der Waals surface area contributed by atoms with Crippen LogP contribution in [0.4, 0.5) is 5.69 Å². The van der Waals surface area contributed by atoms with Gasteiger partial charge in [0.15, 0.2) is 10.8 Å². The molecule has 0 bridgehead atoms. The molecule has 0 aliphatic heterocycles. The van der Waals surface area contributed by atoms with E-state index in [2.05, 4.69) is 22.7 Å². The highest BCUT2D eigenvalue weighted by molar-refractivity contribution is 8.15. The Kier molecular flexibility index (Phi) is 5.82. The fraction of sp³-hybridized carbons (Fsp3) is 0.222. The number of ketones is 1. The largest absolute Gasteiger partial charge is 0.497 e. The van der Waals surface area contributed by atoms with Crippen LogP contribution < -0.4 is 10.2 Å². The van der Waals surface area contributed by atoms with E-state index in [0.717, 1.165) is 27.5 Å². The number of nitrogens with zero attached hydrogens (tertiary/aromatic N) is 1. The third-order valence-electron chi connectivity index (χ3n) is 3.23. The summed E-state index contributed by atoms with van der Waals surface area (Å²) < 4.78 is 5.11. The van der Waals surface area contributed by atoms with Crippen molar-refractivity contribution in [3.8, 4) is 5.75 Å². The van der Waals surface area contributed by atoms with E-state index in [4.69, 9.17) is 4.74 Å². The van der Waals surface area contributed by atoms with E-state index >= 15 is 0 Å². The second kappa shape index (κ2) is 7.83. The quantitative estimate of drug-likeness (QED) is 0.382. The van der Waals surface area contributed by atoms with E-state index in [1.165, 1.54) is 18.7 Å². The van der Waals surface area contributed by atoms with E-state index in [0.29, 0.717) is 5.04 Å². The minimum absolute atomic E-state index is 0.0723. The minimum Gasteiger partial charge on any atom is -0.497 e. The van der Waals surface area contributed by atoms with E-state index in [9.17, 15) is 4.79 Å². The van der Waals surface area contributed by atoms with Crippen molar-refractivity contribution in [1.29, 1.82) is 0 Å². The van der Waals surface area contributed by atoms with Crippen LogP contribution in [0.2, 0.25) is 0 Å². The maximum Gasteiger partial charge on any atom is 0.186 e. The van der Waals surface area contributed by atoms with Gasteiger partial charge in [0.1, 0.15) is 5.75 Å². The van der Waals surface area contributed by atoms with Crippen LogP contribution in [0.5, 0.6) is 5.75 Å². The molecule has 0 aliphatic rings. The first-order valence-electron chi connectivity index (χ1n) is 7.23. The number of hydrogen-bond donors (Lipinski definition) is 1. The molecule has 0 aliphatic carbocycles. The van der Waals surface area contributed by atoms with E-state index in [-0.39, 0.29) is 5.78 Å². The van der Waals surface area contributed by atoms with Gasteiger partial charge >= 0.3 is 0 Å². The van der Waals surface area contributed by atoms with Crippen LogP contribution in [0.15, 0.2) is 52.5 Å². The van der Waals surface area contributed by atoms with Gasteiger partial charge in [-0.1, -0.05) is 23.9 Å². The van der Waals surface area contributed by atoms with Crippen molar-refractivity contribution in [1.82, 2.24) is 0 Å². The van der Waals surface area contributed by atoms with Gasteiger partial charge in [-0.2, -0.15) is 5.10 Å². The Morgan fingerprint density at radius 2 is 1.83 bits per heavy atom.